The van der Waals surface area contributed by atoms with E-state index in [1.54, 1.807) is 18.2 Å². The Bertz CT molecular complexity index is 1440. The van der Waals surface area contributed by atoms with Crippen LogP contribution in [0.5, 0.6) is 11.5 Å². The van der Waals surface area contributed by atoms with E-state index in [0.717, 1.165) is 11.3 Å². The molecular formula is C26H23BrCl2N4O4S. The highest BCUT2D eigenvalue weighted by Crippen LogP contribution is 2.43. The van der Waals surface area contributed by atoms with E-state index in [1.807, 2.05) is 60.9 Å². The molecule has 0 N–H and O–H groups in total. The van der Waals surface area contributed by atoms with Gasteiger partial charge in [-0.05, 0) is 77.3 Å². The highest BCUT2D eigenvalue weighted by Gasteiger charge is 2.26. The molecule has 1 aromatic heterocycles. The van der Waals surface area contributed by atoms with Gasteiger partial charge in [0.15, 0.2) is 16.7 Å². The van der Waals surface area contributed by atoms with Gasteiger partial charge in [0.05, 0.1) is 21.1 Å². The summed E-state index contributed by atoms with van der Waals surface area (Å²) >= 11 is 17.0. The monoisotopic (exact) mass is 636 g/mol. The standard InChI is InChI=1S/C26H23BrCl2N4O4S/c1-3-36-23-13-18(12-20(27)25(23)37-15-17-9-10-21(28)22(29)11-17)24(14-32(34)35)38-26-31-30-16(2)33(26)19-7-5-4-6-8-19/h4-13,24H,3,14-15H2,1-2H3/t24-/m0/s1. The molecule has 38 heavy (non-hydrogen) atoms. The van der Waals surface area contributed by atoms with Crippen molar-refractivity contribution in [3.05, 3.63) is 102 Å². The Morgan fingerprint density at radius 2 is 1.84 bits per heavy atom. The zero-order valence-electron chi connectivity index (χ0n) is 20.4. The van der Waals surface area contributed by atoms with Crippen LogP contribution in [0, 0.1) is 17.0 Å². The Morgan fingerprint density at radius 1 is 1.08 bits per heavy atom. The fraction of sp³-hybridized carbons (Fsp3) is 0.231. The molecule has 0 saturated heterocycles. The molecular weight excluding hydrogens is 615 g/mol. The molecule has 0 unspecified atom stereocenters. The van der Waals surface area contributed by atoms with E-state index in [0.29, 0.717) is 49.2 Å². The molecule has 0 saturated carbocycles. The summed E-state index contributed by atoms with van der Waals surface area (Å²) in [6.45, 7) is 3.98. The van der Waals surface area contributed by atoms with Crippen LogP contribution in [0.2, 0.25) is 10.0 Å². The number of nitro groups is 1. The summed E-state index contributed by atoms with van der Waals surface area (Å²) in [7, 11) is 0. The minimum absolute atomic E-state index is 0.224. The highest BCUT2D eigenvalue weighted by atomic mass is 79.9. The summed E-state index contributed by atoms with van der Waals surface area (Å²) in [4.78, 5) is 11.3. The number of nitrogens with zero attached hydrogens (tertiary/aromatic N) is 4. The van der Waals surface area contributed by atoms with Crippen LogP contribution in [-0.4, -0.2) is 32.8 Å². The first-order valence-electron chi connectivity index (χ1n) is 11.6. The lowest BCUT2D eigenvalue weighted by molar-refractivity contribution is -0.479. The van der Waals surface area contributed by atoms with Gasteiger partial charge in [-0.2, -0.15) is 0 Å². The second-order valence-corrected chi connectivity index (χ2v) is 11.0. The number of hydrogen-bond donors (Lipinski definition) is 0. The van der Waals surface area contributed by atoms with Crippen molar-refractivity contribution < 1.29 is 14.4 Å². The lowest BCUT2D eigenvalue weighted by atomic mass is 10.1. The molecule has 4 aromatic rings. The summed E-state index contributed by atoms with van der Waals surface area (Å²) in [5.41, 5.74) is 2.39. The van der Waals surface area contributed by atoms with Crippen LogP contribution in [0.3, 0.4) is 0 Å². The number of aromatic nitrogens is 3. The van der Waals surface area contributed by atoms with Gasteiger partial charge >= 0.3 is 0 Å². The van der Waals surface area contributed by atoms with Gasteiger partial charge in [0.1, 0.15) is 17.7 Å². The Morgan fingerprint density at radius 3 is 2.53 bits per heavy atom. The number of halogens is 3. The Balaban J connectivity index is 1.66. The topological polar surface area (TPSA) is 92.3 Å². The van der Waals surface area contributed by atoms with E-state index in [1.165, 1.54) is 11.8 Å². The summed E-state index contributed by atoms with van der Waals surface area (Å²) < 4.78 is 14.4. The van der Waals surface area contributed by atoms with Crippen LogP contribution < -0.4 is 9.47 Å². The quantitative estimate of drug-likeness (QED) is 0.0943. The van der Waals surface area contributed by atoms with Crippen molar-refractivity contribution >= 4 is 50.9 Å². The normalized spacial score (nSPS) is 11.8. The minimum atomic E-state index is -0.573. The van der Waals surface area contributed by atoms with Crippen LogP contribution >= 0.6 is 50.9 Å². The predicted octanol–water partition coefficient (Wildman–Crippen LogP) is 7.73. The number of thioether (sulfide) groups is 1. The first kappa shape index (κ1) is 28.2. The Hall–Kier alpha value is -2.79. The molecule has 0 aliphatic heterocycles. The molecule has 1 heterocycles. The van der Waals surface area contributed by atoms with Gasteiger partial charge in [0, 0.05) is 10.6 Å². The van der Waals surface area contributed by atoms with E-state index < -0.39 is 5.25 Å². The molecule has 3 aromatic carbocycles. The predicted molar refractivity (Wildman–Crippen MR) is 153 cm³/mol. The molecule has 0 fully saturated rings. The van der Waals surface area contributed by atoms with Gasteiger partial charge in [-0.3, -0.25) is 14.7 Å². The lowest BCUT2D eigenvalue weighted by Gasteiger charge is -2.19. The van der Waals surface area contributed by atoms with Crippen molar-refractivity contribution in [2.45, 2.75) is 30.9 Å². The molecule has 12 heteroatoms. The molecule has 0 aliphatic carbocycles. The maximum absolute atomic E-state index is 11.7. The number of aryl methyl sites for hydroxylation is 1. The van der Waals surface area contributed by atoms with Gasteiger partial charge in [-0.1, -0.05) is 59.2 Å². The largest absolute Gasteiger partial charge is 0.490 e. The van der Waals surface area contributed by atoms with E-state index in [-0.39, 0.29) is 18.1 Å². The van der Waals surface area contributed by atoms with Crippen molar-refractivity contribution in [2.75, 3.05) is 13.2 Å². The fourth-order valence-electron chi connectivity index (χ4n) is 3.73. The van der Waals surface area contributed by atoms with E-state index in [9.17, 15) is 10.1 Å². The first-order valence-corrected chi connectivity index (χ1v) is 14.0. The number of hydrogen-bond acceptors (Lipinski definition) is 7. The second-order valence-electron chi connectivity index (χ2n) is 8.12. The third-order valence-electron chi connectivity index (χ3n) is 5.44. The molecule has 4 rings (SSSR count). The van der Waals surface area contributed by atoms with Gasteiger partial charge in [0.25, 0.3) is 0 Å². The smallest absolute Gasteiger partial charge is 0.220 e. The van der Waals surface area contributed by atoms with E-state index in [4.69, 9.17) is 32.7 Å². The molecule has 1 atom stereocenters. The van der Waals surface area contributed by atoms with Crippen LogP contribution in [0.4, 0.5) is 0 Å². The average Bonchev–Trinajstić information content (AvgIpc) is 3.25. The number of para-hydroxylation sites is 1. The van der Waals surface area contributed by atoms with Gasteiger partial charge < -0.3 is 9.47 Å². The Kier molecular flexibility index (Phi) is 9.54. The molecule has 0 bridgehead atoms. The zero-order chi connectivity index (χ0) is 27.2. The van der Waals surface area contributed by atoms with Crippen molar-refractivity contribution in [3.8, 4) is 17.2 Å². The van der Waals surface area contributed by atoms with Crippen LogP contribution in [0.15, 0.2) is 70.3 Å². The van der Waals surface area contributed by atoms with Crippen molar-refractivity contribution in [1.82, 2.24) is 14.8 Å². The molecule has 0 aliphatic rings. The maximum Gasteiger partial charge on any atom is 0.220 e. The Labute approximate surface area is 242 Å². The highest BCUT2D eigenvalue weighted by molar-refractivity contribution is 9.10. The number of rotatable bonds is 11. The lowest BCUT2D eigenvalue weighted by Crippen LogP contribution is -2.12. The molecule has 0 spiro atoms. The average molecular weight is 638 g/mol. The second kappa shape index (κ2) is 12.8. The van der Waals surface area contributed by atoms with Crippen molar-refractivity contribution in [1.29, 1.82) is 0 Å². The summed E-state index contributed by atoms with van der Waals surface area (Å²) in [6.07, 6.45) is 0. The van der Waals surface area contributed by atoms with E-state index >= 15 is 0 Å². The van der Waals surface area contributed by atoms with Crippen LogP contribution in [0.1, 0.15) is 29.1 Å². The minimum Gasteiger partial charge on any atom is -0.490 e. The van der Waals surface area contributed by atoms with Crippen LogP contribution in [0.25, 0.3) is 5.69 Å². The molecule has 0 amide bonds. The third-order valence-corrected chi connectivity index (χ3v) is 7.95. The van der Waals surface area contributed by atoms with Gasteiger partial charge in [0.2, 0.25) is 6.54 Å². The first-order chi connectivity index (χ1) is 18.3. The van der Waals surface area contributed by atoms with Crippen LogP contribution in [-0.2, 0) is 6.61 Å². The van der Waals surface area contributed by atoms with Gasteiger partial charge in [-0.25, -0.2) is 0 Å². The molecule has 0 radical (unpaired) electrons. The maximum atomic E-state index is 11.7. The fourth-order valence-corrected chi connectivity index (χ4v) is 5.78. The zero-order valence-corrected chi connectivity index (χ0v) is 24.4. The number of ether oxygens (including phenoxy) is 2. The van der Waals surface area contributed by atoms with Crippen molar-refractivity contribution in [3.63, 3.8) is 0 Å². The SMILES string of the molecule is CCOc1cc([C@H](C[N+](=O)[O-])Sc2nnc(C)n2-c2ccccc2)cc(Br)c1OCc1ccc(Cl)c(Cl)c1. The summed E-state index contributed by atoms with van der Waals surface area (Å²) in [6, 6.07) is 18.5. The summed E-state index contributed by atoms with van der Waals surface area (Å²) in [5.74, 6) is 1.63. The molecule has 8 nitrogen and oxygen atoms in total. The summed E-state index contributed by atoms with van der Waals surface area (Å²) in [5, 5.41) is 21.1. The molecule has 198 valence electrons. The van der Waals surface area contributed by atoms with E-state index in [2.05, 4.69) is 26.1 Å². The third kappa shape index (κ3) is 6.79. The van der Waals surface area contributed by atoms with Gasteiger partial charge in [-0.15, -0.1) is 10.2 Å². The number of benzene rings is 3. The van der Waals surface area contributed by atoms with Crippen molar-refractivity contribution in [2.24, 2.45) is 0 Å².